The fourth-order valence-electron chi connectivity index (χ4n) is 2.87. The van der Waals surface area contributed by atoms with Crippen LogP contribution in [0, 0.1) is 0 Å². The standard InChI is InChI=1S/C16H14ClN5O/c1-20-14-5-3-2-4-11(14)6-7-22(20)16(23)13-8-15-18-9-12(17)10-21(15)19-13/h2-5,8-10H,6-7H2,1H3. The van der Waals surface area contributed by atoms with E-state index in [0.29, 0.717) is 22.9 Å². The molecule has 1 aromatic carbocycles. The highest BCUT2D eigenvalue weighted by Gasteiger charge is 2.27. The molecule has 0 saturated heterocycles. The largest absolute Gasteiger partial charge is 0.292 e. The Labute approximate surface area is 137 Å². The van der Waals surface area contributed by atoms with E-state index in [1.54, 1.807) is 17.3 Å². The van der Waals surface area contributed by atoms with E-state index in [0.717, 1.165) is 12.1 Å². The van der Waals surface area contributed by atoms with Gasteiger partial charge in [0.05, 0.1) is 16.9 Å². The fourth-order valence-corrected chi connectivity index (χ4v) is 3.01. The predicted molar refractivity (Wildman–Crippen MR) is 87.6 cm³/mol. The molecule has 1 amide bonds. The molecule has 0 aliphatic carbocycles. The zero-order valence-electron chi connectivity index (χ0n) is 12.5. The van der Waals surface area contributed by atoms with Crippen molar-refractivity contribution >= 4 is 28.8 Å². The molecule has 0 atom stereocenters. The second-order valence-corrected chi connectivity index (χ2v) is 5.87. The number of carbonyl (C=O) groups is 1. The van der Waals surface area contributed by atoms with Crippen LogP contribution in [0.1, 0.15) is 16.1 Å². The van der Waals surface area contributed by atoms with Crippen LogP contribution < -0.4 is 5.01 Å². The van der Waals surface area contributed by atoms with Crippen LogP contribution in [0.4, 0.5) is 5.69 Å². The fraction of sp³-hybridized carbons (Fsp3) is 0.188. The van der Waals surface area contributed by atoms with Gasteiger partial charge >= 0.3 is 0 Å². The molecule has 4 rings (SSSR count). The minimum absolute atomic E-state index is 0.149. The molecule has 0 unspecified atom stereocenters. The van der Waals surface area contributed by atoms with Gasteiger partial charge in [-0.2, -0.15) is 5.10 Å². The summed E-state index contributed by atoms with van der Waals surface area (Å²) in [5.41, 5.74) is 3.23. The molecule has 116 valence electrons. The summed E-state index contributed by atoms with van der Waals surface area (Å²) in [5.74, 6) is -0.149. The summed E-state index contributed by atoms with van der Waals surface area (Å²) in [6.45, 7) is 0.619. The summed E-state index contributed by atoms with van der Waals surface area (Å²) >= 11 is 5.91. The number of hydrogen-bond acceptors (Lipinski definition) is 4. The van der Waals surface area contributed by atoms with Crippen LogP contribution in [0.25, 0.3) is 5.65 Å². The quantitative estimate of drug-likeness (QED) is 0.689. The smallest absolute Gasteiger partial charge is 0.285 e. The molecule has 0 saturated carbocycles. The van der Waals surface area contributed by atoms with Crippen LogP contribution >= 0.6 is 11.6 Å². The number of anilines is 1. The van der Waals surface area contributed by atoms with Gasteiger partial charge in [-0.15, -0.1) is 0 Å². The Balaban J connectivity index is 1.68. The molecule has 1 aliphatic heterocycles. The number of benzene rings is 1. The lowest BCUT2D eigenvalue weighted by Crippen LogP contribution is -2.48. The topological polar surface area (TPSA) is 53.7 Å². The van der Waals surface area contributed by atoms with Gasteiger partial charge < -0.3 is 0 Å². The Kier molecular flexibility index (Phi) is 3.20. The van der Waals surface area contributed by atoms with E-state index in [1.165, 1.54) is 16.3 Å². The SMILES string of the molecule is CN1c2ccccc2CCN1C(=O)c1cc2ncc(Cl)cn2n1. The van der Waals surface area contributed by atoms with Crippen LogP contribution in [-0.4, -0.2) is 39.1 Å². The predicted octanol–water partition coefficient (Wildman–Crippen LogP) is 2.43. The van der Waals surface area contributed by atoms with Crippen molar-refractivity contribution in [1.82, 2.24) is 19.6 Å². The summed E-state index contributed by atoms with van der Waals surface area (Å²) < 4.78 is 1.52. The lowest BCUT2D eigenvalue weighted by atomic mass is 10.1. The van der Waals surface area contributed by atoms with Crippen molar-refractivity contribution < 1.29 is 4.79 Å². The summed E-state index contributed by atoms with van der Waals surface area (Å²) in [6, 6.07) is 9.76. The molecule has 3 aromatic rings. The second-order valence-electron chi connectivity index (χ2n) is 5.44. The molecule has 6 nitrogen and oxygen atoms in total. The molecule has 2 aromatic heterocycles. The van der Waals surface area contributed by atoms with Crippen LogP contribution in [0.2, 0.25) is 5.02 Å². The maximum Gasteiger partial charge on any atom is 0.292 e. The van der Waals surface area contributed by atoms with Gasteiger partial charge in [0.25, 0.3) is 5.91 Å². The summed E-state index contributed by atoms with van der Waals surface area (Å²) in [5, 5.41) is 8.35. The molecule has 1 aliphatic rings. The lowest BCUT2D eigenvalue weighted by Gasteiger charge is -2.38. The third kappa shape index (κ3) is 2.31. The van der Waals surface area contributed by atoms with E-state index < -0.39 is 0 Å². The molecule has 3 heterocycles. The number of carbonyl (C=O) groups excluding carboxylic acids is 1. The Morgan fingerprint density at radius 1 is 1.30 bits per heavy atom. The van der Waals surface area contributed by atoms with E-state index >= 15 is 0 Å². The van der Waals surface area contributed by atoms with Crippen molar-refractivity contribution in [2.75, 3.05) is 18.6 Å². The van der Waals surface area contributed by atoms with Crippen molar-refractivity contribution in [2.24, 2.45) is 0 Å². The third-order valence-electron chi connectivity index (χ3n) is 4.03. The van der Waals surface area contributed by atoms with E-state index in [-0.39, 0.29) is 5.91 Å². The van der Waals surface area contributed by atoms with Crippen molar-refractivity contribution in [3.63, 3.8) is 0 Å². The van der Waals surface area contributed by atoms with Gasteiger partial charge in [0.1, 0.15) is 0 Å². The number of nitrogens with zero attached hydrogens (tertiary/aromatic N) is 5. The van der Waals surface area contributed by atoms with Crippen LogP contribution in [0.15, 0.2) is 42.7 Å². The number of amides is 1. The average Bonchev–Trinajstić information content (AvgIpc) is 2.98. The number of fused-ring (bicyclic) bond motifs is 2. The van der Waals surface area contributed by atoms with E-state index in [4.69, 9.17) is 11.6 Å². The molecule has 0 spiro atoms. The molecular formula is C16H14ClN5O. The zero-order chi connectivity index (χ0) is 16.0. The van der Waals surface area contributed by atoms with Gasteiger partial charge in [0, 0.05) is 25.9 Å². The maximum atomic E-state index is 12.8. The monoisotopic (exact) mass is 327 g/mol. The number of rotatable bonds is 1. The number of hydrazine groups is 1. The molecule has 0 fully saturated rings. The number of aromatic nitrogens is 3. The Morgan fingerprint density at radius 3 is 3.00 bits per heavy atom. The first kappa shape index (κ1) is 14.0. The van der Waals surface area contributed by atoms with E-state index in [1.807, 2.05) is 30.3 Å². The third-order valence-corrected chi connectivity index (χ3v) is 4.23. The van der Waals surface area contributed by atoms with Crippen molar-refractivity contribution in [1.29, 1.82) is 0 Å². The average molecular weight is 328 g/mol. The maximum absolute atomic E-state index is 12.8. The minimum Gasteiger partial charge on any atom is -0.285 e. The highest BCUT2D eigenvalue weighted by molar-refractivity contribution is 6.30. The van der Waals surface area contributed by atoms with Crippen LogP contribution in [0.3, 0.4) is 0 Å². The van der Waals surface area contributed by atoms with Gasteiger partial charge in [-0.25, -0.2) is 14.5 Å². The number of halogens is 1. The second kappa shape index (κ2) is 5.24. The van der Waals surface area contributed by atoms with Crippen molar-refractivity contribution in [3.8, 4) is 0 Å². The van der Waals surface area contributed by atoms with Crippen molar-refractivity contribution in [3.05, 3.63) is 59.0 Å². The Hall–Kier alpha value is -2.60. The molecule has 0 radical (unpaired) electrons. The Bertz CT molecular complexity index is 906. The first-order valence-corrected chi connectivity index (χ1v) is 7.65. The Morgan fingerprint density at radius 2 is 2.13 bits per heavy atom. The first-order chi connectivity index (χ1) is 11.1. The van der Waals surface area contributed by atoms with Gasteiger partial charge in [0.15, 0.2) is 11.3 Å². The highest BCUT2D eigenvalue weighted by Crippen LogP contribution is 2.27. The minimum atomic E-state index is -0.149. The normalized spacial score (nSPS) is 14.2. The van der Waals surface area contributed by atoms with Gasteiger partial charge in [0.2, 0.25) is 0 Å². The van der Waals surface area contributed by atoms with Gasteiger partial charge in [-0.1, -0.05) is 29.8 Å². The summed E-state index contributed by atoms with van der Waals surface area (Å²) in [4.78, 5) is 17.0. The first-order valence-electron chi connectivity index (χ1n) is 7.28. The van der Waals surface area contributed by atoms with Crippen LogP contribution in [-0.2, 0) is 6.42 Å². The highest BCUT2D eigenvalue weighted by atomic mass is 35.5. The molecular weight excluding hydrogens is 314 g/mol. The molecule has 0 bridgehead atoms. The number of para-hydroxylation sites is 1. The zero-order valence-corrected chi connectivity index (χ0v) is 13.2. The summed E-state index contributed by atoms with van der Waals surface area (Å²) in [6.07, 6.45) is 4.00. The molecule has 7 heteroatoms. The van der Waals surface area contributed by atoms with E-state index in [9.17, 15) is 4.79 Å². The molecule has 23 heavy (non-hydrogen) atoms. The lowest BCUT2D eigenvalue weighted by molar-refractivity contribution is 0.0732. The van der Waals surface area contributed by atoms with E-state index in [2.05, 4.69) is 16.1 Å². The van der Waals surface area contributed by atoms with Crippen LogP contribution in [0.5, 0.6) is 0 Å². The summed E-state index contributed by atoms with van der Waals surface area (Å²) in [7, 11) is 1.89. The number of hydrogen-bond donors (Lipinski definition) is 0. The van der Waals surface area contributed by atoms with Crippen molar-refractivity contribution in [2.45, 2.75) is 6.42 Å². The van der Waals surface area contributed by atoms with Gasteiger partial charge in [-0.3, -0.25) is 9.80 Å². The molecule has 0 N–H and O–H groups in total. The van der Waals surface area contributed by atoms with Gasteiger partial charge in [-0.05, 0) is 18.1 Å².